The fraction of sp³-hybridized carbons (Fsp3) is 0. The molecule has 0 aliphatic carbocycles. The Morgan fingerprint density at radius 1 is 1.60 bits per heavy atom. The van der Waals surface area contributed by atoms with Gasteiger partial charge >= 0.3 is 60.1 Å². The van der Waals surface area contributed by atoms with Crippen LogP contribution in [0.4, 0.5) is 0 Å². The first-order valence-corrected chi connectivity index (χ1v) is 1.28. The summed E-state index contributed by atoms with van der Waals surface area (Å²) in [6, 6.07) is 0. The summed E-state index contributed by atoms with van der Waals surface area (Å²) in [5, 5.41) is 0. The standard InChI is InChI=1S/HI.K.HO2P/c;;1-3-2/h1H;;3H/q;+1;. The maximum absolute atomic E-state index is 8.51. The second kappa shape index (κ2) is 16.1. The fourth-order valence-corrected chi connectivity index (χ4v) is 0. The van der Waals surface area contributed by atoms with Gasteiger partial charge in [0.15, 0.2) is 0 Å². The van der Waals surface area contributed by atoms with Crippen molar-refractivity contribution in [1.82, 2.24) is 0 Å². The number of hydrogen-bond donors (Lipinski definition) is 1. The predicted octanol–water partition coefficient (Wildman–Crippen LogP) is -6.07. The molecule has 0 bridgehead atoms. The first-order valence-electron chi connectivity index (χ1n) is 0.428. The molecule has 0 amide bonds. The minimum atomic E-state index is -1.17. The monoisotopic (exact) mass is 231 g/mol. The van der Waals surface area contributed by atoms with Crippen LogP contribution in [-0.4, -0.2) is 4.89 Å². The minimum Gasteiger partial charge on any atom is -1.00 e. The molecule has 0 fully saturated rings. The summed E-state index contributed by atoms with van der Waals surface area (Å²) >= 11 is 0. The molecule has 0 rings (SSSR count). The van der Waals surface area contributed by atoms with Crippen LogP contribution in [0.2, 0.25) is 0 Å². The number of halogens is 1. The van der Waals surface area contributed by atoms with Gasteiger partial charge in [-0.15, -0.1) is 0 Å². The molecule has 0 saturated heterocycles. The van der Waals surface area contributed by atoms with E-state index in [1.54, 1.807) is 0 Å². The quantitative estimate of drug-likeness (QED) is 0.256. The molecule has 2 nitrogen and oxygen atoms in total. The van der Waals surface area contributed by atoms with Gasteiger partial charge < -0.3 is 24.0 Å². The van der Waals surface area contributed by atoms with Gasteiger partial charge in [0.1, 0.15) is 0 Å². The van der Waals surface area contributed by atoms with Crippen molar-refractivity contribution >= 4 is 8.69 Å². The average molecular weight is 231 g/mol. The van der Waals surface area contributed by atoms with E-state index in [0.717, 1.165) is 0 Å². The molecule has 0 spiro atoms. The van der Waals surface area contributed by atoms with E-state index < -0.39 is 8.69 Å². The van der Waals surface area contributed by atoms with Crippen molar-refractivity contribution in [3.63, 3.8) is 0 Å². The fourth-order valence-electron chi connectivity index (χ4n) is 0. The largest absolute Gasteiger partial charge is 1.00 e. The zero-order valence-electron chi connectivity index (χ0n) is 2.73. The van der Waals surface area contributed by atoms with Gasteiger partial charge in [0, 0.05) is 0 Å². The van der Waals surface area contributed by atoms with E-state index in [4.69, 9.17) is 9.46 Å². The van der Waals surface area contributed by atoms with E-state index in [9.17, 15) is 0 Å². The Bertz CT molecular complexity index is 17.1. The maximum Gasteiger partial charge on any atom is 1.00 e. The Labute approximate surface area is 91.4 Å². The Morgan fingerprint density at radius 2 is 1.60 bits per heavy atom. The van der Waals surface area contributed by atoms with Gasteiger partial charge in [0.05, 0.1) is 0 Å². The molecular formula is H2IKO2P+. The van der Waals surface area contributed by atoms with Gasteiger partial charge in [-0.05, 0) is 4.57 Å². The van der Waals surface area contributed by atoms with Gasteiger partial charge in [-0.3, -0.25) is 0 Å². The van der Waals surface area contributed by atoms with Crippen molar-refractivity contribution in [3.05, 3.63) is 0 Å². The molecule has 1 atom stereocenters. The molecule has 0 radical (unpaired) electrons. The molecule has 1 unspecified atom stereocenters. The maximum atomic E-state index is 8.51. The van der Waals surface area contributed by atoms with Crippen molar-refractivity contribution in [3.8, 4) is 0 Å². The summed E-state index contributed by atoms with van der Waals surface area (Å²) in [7, 11) is -1.17. The van der Waals surface area contributed by atoms with E-state index >= 15 is 0 Å². The number of rotatable bonds is 0. The zero-order valence-corrected chi connectivity index (χ0v) is 9.01. The minimum absolute atomic E-state index is 0. The Morgan fingerprint density at radius 3 is 1.60 bits per heavy atom. The second-order valence-corrected chi connectivity index (χ2v) is 0.274. The molecule has 0 heterocycles. The van der Waals surface area contributed by atoms with Crippen LogP contribution in [0.5, 0.6) is 0 Å². The summed E-state index contributed by atoms with van der Waals surface area (Å²) in [6.45, 7) is 0. The summed E-state index contributed by atoms with van der Waals surface area (Å²) in [5.74, 6) is 0. The topological polar surface area (TPSA) is 37.3 Å². The van der Waals surface area contributed by atoms with Gasteiger partial charge in [0.2, 0.25) is 0 Å². The predicted molar refractivity (Wildman–Crippen MR) is 11.2 cm³/mol. The van der Waals surface area contributed by atoms with E-state index in [1.807, 2.05) is 0 Å². The zero-order chi connectivity index (χ0) is 2.71. The van der Waals surface area contributed by atoms with Crippen molar-refractivity contribution in [1.29, 1.82) is 0 Å². The van der Waals surface area contributed by atoms with Gasteiger partial charge in [-0.1, -0.05) is 0 Å². The van der Waals surface area contributed by atoms with Gasteiger partial charge in [-0.25, -0.2) is 0 Å². The van der Waals surface area contributed by atoms with E-state index in [1.165, 1.54) is 0 Å². The molecule has 0 aliphatic rings. The molecule has 5 heavy (non-hydrogen) atoms. The molecule has 26 valence electrons. The van der Waals surface area contributed by atoms with Crippen LogP contribution in [0.3, 0.4) is 0 Å². The summed E-state index contributed by atoms with van der Waals surface area (Å²) < 4.78 is 8.51. The number of hydrogen-bond acceptors (Lipinski definition) is 1. The third kappa shape index (κ3) is 21.4. The van der Waals surface area contributed by atoms with E-state index in [0.29, 0.717) is 0 Å². The van der Waals surface area contributed by atoms with Crippen molar-refractivity contribution in [2.45, 2.75) is 0 Å². The third-order valence-electron chi connectivity index (χ3n) is 0. The molecule has 0 saturated carbocycles. The van der Waals surface area contributed by atoms with Crippen LogP contribution in [0.25, 0.3) is 0 Å². The average Bonchev–Trinajstić information content (AvgIpc) is 0.918. The SMILES string of the molecule is O=[PH+]O.[I-].[K+]. The van der Waals surface area contributed by atoms with E-state index in [-0.39, 0.29) is 75.4 Å². The van der Waals surface area contributed by atoms with Crippen LogP contribution in [0.15, 0.2) is 0 Å². The smallest absolute Gasteiger partial charge is 1.00 e. The van der Waals surface area contributed by atoms with Crippen molar-refractivity contribution in [2.75, 3.05) is 0 Å². The molecule has 0 aliphatic heterocycles. The summed E-state index contributed by atoms with van der Waals surface area (Å²) in [4.78, 5) is 7.04. The molecule has 0 aromatic heterocycles. The van der Waals surface area contributed by atoms with Gasteiger partial charge in [-0.2, -0.15) is 4.89 Å². The first-order chi connectivity index (χ1) is 1.41. The Hall–Kier alpha value is 2.43. The van der Waals surface area contributed by atoms with Crippen LogP contribution in [0, 0.1) is 0 Å². The Kier molecular flexibility index (Phi) is 50.5. The third-order valence-corrected chi connectivity index (χ3v) is 0. The van der Waals surface area contributed by atoms with Crippen molar-refractivity contribution in [2.24, 2.45) is 0 Å². The molecule has 1 N–H and O–H groups in total. The Balaban J connectivity index is -0.0000000200. The molecule has 5 heteroatoms. The molecule has 0 aromatic rings. The second-order valence-electron chi connectivity index (χ2n) is 0.0913. The van der Waals surface area contributed by atoms with Crippen molar-refractivity contribution < 1.29 is 84.8 Å². The van der Waals surface area contributed by atoms with E-state index in [2.05, 4.69) is 0 Å². The molecular weight excluding hydrogens is 229 g/mol. The van der Waals surface area contributed by atoms with Gasteiger partial charge in [0.25, 0.3) is 0 Å². The van der Waals surface area contributed by atoms with Crippen LogP contribution >= 0.6 is 8.69 Å². The normalized spacial score (nSPS) is 4.20. The van der Waals surface area contributed by atoms with Crippen LogP contribution < -0.4 is 75.4 Å². The summed E-state index contributed by atoms with van der Waals surface area (Å²) in [6.07, 6.45) is 0. The molecule has 0 aromatic carbocycles. The van der Waals surface area contributed by atoms with Crippen LogP contribution in [-0.2, 0) is 4.57 Å². The summed E-state index contributed by atoms with van der Waals surface area (Å²) in [5.41, 5.74) is 0. The first kappa shape index (κ1) is 15.7. The van der Waals surface area contributed by atoms with Crippen LogP contribution in [0.1, 0.15) is 0 Å².